The number of nitrogens with one attached hydrogen (secondary N) is 2. The molecule has 226 valence electrons. The highest BCUT2D eigenvalue weighted by Gasteiger charge is 2.46. The number of rotatable bonds is 13. The Labute approximate surface area is 236 Å². The van der Waals surface area contributed by atoms with E-state index < -0.39 is 0 Å². The Hall–Kier alpha value is -0.690. The summed E-state index contributed by atoms with van der Waals surface area (Å²) in [6.45, 7) is 25.9. The highest BCUT2D eigenvalue weighted by Crippen LogP contribution is 2.38. The maximum absolute atomic E-state index is 10.9. The highest BCUT2D eigenvalue weighted by atomic mass is 16.7. The van der Waals surface area contributed by atoms with E-state index in [2.05, 4.69) is 84.9 Å². The summed E-state index contributed by atoms with van der Waals surface area (Å²) in [5.74, 6) is -0.177. The molecule has 2 saturated heterocycles. The van der Waals surface area contributed by atoms with Gasteiger partial charge < -0.3 is 15.4 Å². The Morgan fingerprint density at radius 2 is 1.29 bits per heavy atom. The van der Waals surface area contributed by atoms with E-state index in [-0.39, 0.29) is 34.2 Å². The predicted octanol–water partition coefficient (Wildman–Crippen LogP) is 7.55. The van der Waals surface area contributed by atoms with Gasteiger partial charge in [-0.05, 0) is 87.6 Å². The summed E-state index contributed by atoms with van der Waals surface area (Å²) in [7, 11) is 0. The van der Waals surface area contributed by atoms with E-state index in [0.29, 0.717) is 6.04 Å². The Kier molecular flexibility index (Phi) is 14.8. The van der Waals surface area contributed by atoms with E-state index in [1.165, 1.54) is 58.3 Å². The van der Waals surface area contributed by atoms with Crippen LogP contribution in [0.2, 0.25) is 0 Å². The lowest BCUT2D eigenvalue weighted by atomic mass is 9.79. The van der Waals surface area contributed by atoms with Gasteiger partial charge in [0.2, 0.25) is 0 Å². The van der Waals surface area contributed by atoms with Gasteiger partial charge in [-0.1, -0.05) is 52.4 Å². The van der Waals surface area contributed by atoms with Crippen molar-refractivity contribution in [3.05, 3.63) is 0 Å². The molecule has 0 saturated carbocycles. The number of piperidine rings is 2. The number of esters is 1. The van der Waals surface area contributed by atoms with Crippen LogP contribution in [0.5, 0.6) is 0 Å². The van der Waals surface area contributed by atoms with Crippen LogP contribution in [-0.2, 0) is 14.4 Å². The lowest BCUT2D eigenvalue weighted by molar-refractivity contribution is -0.284. The Morgan fingerprint density at radius 3 is 1.79 bits per heavy atom. The molecule has 0 amide bonds. The minimum Gasteiger partial charge on any atom is -0.462 e. The SMILES string of the molecule is CC(=O)OC1CC(C)(C)NC(C)(C)C1.CCCCCCCCON1C(C)(C)CC(NCCCC)CC1(C)C. The molecule has 0 bridgehead atoms. The van der Waals surface area contributed by atoms with Crippen molar-refractivity contribution in [2.24, 2.45) is 0 Å². The number of carbonyl (C=O) groups is 1. The minimum atomic E-state index is -0.177. The van der Waals surface area contributed by atoms with E-state index >= 15 is 0 Å². The first-order chi connectivity index (χ1) is 17.5. The molecule has 0 spiro atoms. The zero-order valence-electron chi connectivity index (χ0n) is 27.2. The third kappa shape index (κ3) is 13.6. The molecular weight excluding hydrogens is 474 g/mol. The molecule has 0 aromatic rings. The third-order valence-electron chi connectivity index (χ3n) is 7.76. The van der Waals surface area contributed by atoms with Crippen LogP contribution in [-0.4, -0.2) is 58.5 Å². The van der Waals surface area contributed by atoms with E-state index in [1.54, 1.807) is 0 Å². The monoisotopic (exact) mass is 540 g/mol. The number of nitrogens with zero attached hydrogens (tertiary/aromatic N) is 1. The topological polar surface area (TPSA) is 62.8 Å². The minimum absolute atomic E-state index is 0.0435. The fourth-order valence-electron chi connectivity index (χ4n) is 6.83. The summed E-state index contributed by atoms with van der Waals surface area (Å²) in [6.07, 6.45) is 14.6. The molecule has 2 fully saturated rings. The summed E-state index contributed by atoms with van der Waals surface area (Å²) in [5, 5.41) is 9.62. The number of hydrogen-bond donors (Lipinski definition) is 2. The van der Waals surface area contributed by atoms with Gasteiger partial charge in [0.05, 0.1) is 6.61 Å². The average molecular weight is 540 g/mol. The van der Waals surface area contributed by atoms with Crippen LogP contribution < -0.4 is 10.6 Å². The van der Waals surface area contributed by atoms with Gasteiger partial charge >= 0.3 is 5.97 Å². The van der Waals surface area contributed by atoms with E-state index in [4.69, 9.17) is 9.57 Å². The maximum Gasteiger partial charge on any atom is 0.302 e. The molecule has 2 heterocycles. The summed E-state index contributed by atoms with van der Waals surface area (Å²) in [6, 6.07) is 0.607. The Morgan fingerprint density at radius 1 is 0.789 bits per heavy atom. The fourth-order valence-corrected chi connectivity index (χ4v) is 6.83. The van der Waals surface area contributed by atoms with Crippen molar-refractivity contribution < 1.29 is 14.4 Å². The van der Waals surface area contributed by atoms with Crippen LogP contribution in [0.3, 0.4) is 0 Å². The largest absolute Gasteiger partial charge is 0.462 e. The molecule has 6 nitrogen and oxygen atoms in total. The number of hydroxylamine groups is 2. The number of unbranched alkanes of at least 4 members (excludes halogenated alkanes) is 6. The van der Waals surface area contributed by atoms with Crippen molar-refractivity contribution in [1.82, 2.24) is 15.7 Å². The molecule has 0 unspecified atom stereocenters. The van der Waals surface area contributed by atoms with Crippen molar-refractivity contribution in [3.63, 3.8) is 0 Å². The van der Waals surface area contributed by atoms with Crippen molar-refractivity contribution in [3.8, 4) is 0 Å². The maximum atomic E-state index is 10.9. The molecule has 0 radical (unpaired) electrons. The lowest BCUT2D eigenvalue weighted by Crippen LogP contribution is -2.63. The predicted molar refractivity (Wildman–Crippen MR) is 161 cm³/mol. The van der Waals surface area contributed by atoms with Crippen LogP contribution in [0.25, 0.3) is 0 Å². The van der Waals surface area contributed by atoms with Crippen molar-refractivity contribution in [2.45, 2.75) is 188 Å². The van der Waals surface area contributed by atoms with Gasteiger partial charge in [-0.15, -0.1) is 0 Å². The second-order valence-corrected chi connectivity index (χ2v) is 14.5. The number of ether oxygens (including phenoxy) is 1. The standard InChI is InChI=1S/C21H44N2O.C11H21NO2/c1-7-9-11-12-13-14-16-24-23-20(3,4)17-19(18-21(23,5)6)22-15-10-8-2;1-8(13)14-9-6-10(2,3)12-11(4,5)7-9/h19,22H,7-18H2,1-6H3;9,12H,6-7H2,1-5H3. The molecule has 2 aliphatic rings. The van der Waals surface area contributed by atoms with E-state index in [1.807, 2.05) is 0 Å². The first-order valence-corrected chi connectivity index (χ1v) is 15.7. The molecular formula is C32H65N3O3. The number of hydrogen-bond acceptors (Lipinski definition) is 6. The average Bonchev–Trinajstić information content (AvgIpc) is 2.71. The second-order valence-electron chi connectivity index (χ2n) is 14.5. The molecule has 2 N–H and O–H groups in total. The molecule has 2 rings (SSSR count). The van der Waals surface area contributed by atoms with Crippen LogP contribution in [0.15, 0.2) is 0 Å². The summed E-state index contributed by atoms with van der Waals surface area (Å²) < 4.78 is 5.28. The second kappa shape index (κ2) is 15.9. The van der Waals surface area contributed by atoms with Gasteiger partial charge in [-0.25, -0.2) is 0 Å². The zero-order valence-corrected chi connectivity index (χ0v) is 27.2. The van der Waals surface area contributed by atoms with Gasteiger partial charge in [-0.2, -0.15) is 5.06 Å². The molecule has 0 aliphatic carbocycles. The highest BCUT2D eigenvalue weighted by molar-refractivity contribution is 5.66. The molecule has 0 atom stereocenters. The Bertz CT molecular complexity index is 641. The first kappa shape index (κ1) is 35.3. The van der Waals surface area contributed by atoms with Crippen molar-refractivity contribution >= 4 is 5.97 Å². The van der Waals surface area contributed by atoms with Crippen LogP contribution >= 0.6 is 0 Å². The smallest absolute Gasteiger partial charge is 0.302 e. The van der Waals surface area contributed by atoms with Gasteiger partial charge in [-0.3, -0.25) is 9.63 Å². The summed E-state index contributed by atoms with van der Waals surface area (Å²) in [5.41, 5.74) is 0.269. The van der Waals surface area contributed by atoms with E-state index in [9.17, 15) is 4.79 Å². The summed E-state index contributed by atoms with van der Waals surface area (Å²) >= 11 is 0. The van der Waals surface area contributed by atoms with Gasteiger partial charge in [0, 0.05) is 48.0 Å². The lowest BCUT2D eigenvalue weighted by Gasteiger charge is -2.54. The van der Waals surface area contributed by atoms with E-state index in [0.717, 1.165) is 38.8 Å². The van der Waals surface area contributed by atoms with Crippen LogP contribution in [0.1, 0.15) is 153 Å². The van der Waals surface area contributed by atoms with Crippen LogP contribution in [0.4, 0.5) is 0 Å². The van der Waals surface area contributed by atoms with Gasteiger partial charge in [0.1, 0.15) is 6.10 Å². The molecule has 38 heavy (non-hydrogen) atoms. The normalized spacial score (nSPS) is 22.9. The molecule has 0 aromatic heterocycles. The first-order valence-electron chi connectivity index (χ1n) is 15.7. The van der Waals surface area contributed by atoms with Crippen LogP contribution in [0, 0.1) is 0 Å². The number of carbonyl (C=O) groups excluding carboxylic acids is 1. The van der Waals surface area contributed by atoms with Gasteiger partial charge in [0.25, 0.3) is 0 Å². The molecule has 6 heteroatoms. The molecule has 2 aliphatic heterocycles. The summed E-state index contributed by atoms with van der Waals surface area (Å²) in [4.78, 5) is 17.2. The molecule has 0 aromatic carbocycles. The quantitative estimate of drug-likeness (QED) is 0.186. The third-order valence-corrected chi connectivity index (χ3v) is 7.76. The van der Waals surface area contributed by atoms with Crippen molar-refractivity contribution in [1.29, 1.82) is 0 Å². The van der Waals surface area contributed by atoms with Crippen molar-refractivity contribution in [2.75, 3.05) is 13.2 Å². The van der Waals surface area contributed by atoms with Gasteiger partial charge in [0.15, 0.2) is 0 Å². The zero-order chi connectivity index (χ0) is 29.0. The Balaban J connectivity index is 0.000000437. The fraction of sp³-hybridized carbons (Fsp3) is 0.969.